The van der Waals surface area contributed by atoms with Crippen molar-refractivity contribution in [3.8, 4) is 0 Å². The molecule has 19 heavy (non-hydrogen) atoms. The standard InChI is InChI=1S/C14H16FN3O/c1-3-18(13-7-5-4-6-12(13)15)14-16-8-11(9-19)10(2)17-14/h4-8,19H,3,9H2,1-2H3. The van der Waals surface area contributed by atoms with Crippen LogP contribution < -0.4 is 4.90 Å². The molecule has 0 spiro atoms. The lowest BCUT2D eigenvalue weighted by molar-refractivity contribution is 0.280. The number of halogens is 1. The number of nitrogens with zero attached hydrogens (tertiary/aromatic N) is 3. The number of benzene rings is 1. The van der Waals surface area contributed by atoms with E-state index in [1.54, 1.807) is 36.2 Å². The molecule has 0 aliphatic rings. The molecule has 1 aromatic carbocycles. The zero-order valence-corrected chi connectivity index (χ0v) is 11.0. The first-order valence-electron chi connectivity index (χ1n) is 6.12. The average molecular weight is 261 g/mol. The number of hydrogen-bond acceptors (Lipinski definition) is 4. The van der Waals surface area contributed by atoms with Crippen molar-refractivity contribution in [3.05, 3.63) is 47.5 Å². The van der Waals surface area contributed by atoms with Gasteiger partial charge in [-0.15, -0.1) is 0 Å². The molecule has 0 aliphatic heterocycles. The summed E-state index contributed by atoms with van der Waals surface area (Å²) in [4.78, 5) is 10.2. The lowest BCUT2D eigenvalue weighted by Gasteiger charge is -2.21. The molecular formula is C14H16FN3O. The highest BCUT2D eigenvalue weighted by atomic mass is 19.1. The fourth-order valence-electron chi connectivity index (χ4n) is 1.86. The third-order valence-electron chi connectivity index (χ3n) is 2.94. The summed E-state index contributed by atoms with van der Waals surface area (Å²) >= 11 is 0. The predicted octanol–water partition coefficient (Wildman–Crippen LogP) is 2.57. The number of aromatic nitrogens is 2. The molecule has 0 fully saturated rings. The first kappa shape index (κ1) is 13.4. The number of rotatable bonds is 4. The van der Waals surface area contributed by atoms with Crippen LogP contribution in [0.1, 0.15) is 18.2 Å². The summed E-state index contributed by atoms with van der Waals surface area (Å²) in [6, 6.07) is 6.52. The Morgan fingerprint density at radius 2 is 2.05 bits per heavy atom. The number of aliphatic hydroxyl groups excluding tert-OH is 1. The van der Waals surface area contributed by atoms with Crippen LogP contribution in [-0.2, 0) is 6.61 Å². The van der Waals surface area contributed by atoms with Gasteiger partial charge >= 0.3 is 0 Å². The van der Waals surface area contributed by atoms with Crippen LogP contribution >= 0.6 is 0 Å². The van der Waals surface area contributed by atoms with Gasteiger partial charge in [0, 0.05) is 24.0 Å². The van der Waals surface area contributed by atoms with Crippen LogP contribution in [0, 0.1) is 12.7 Å². The molecule has 2 aromatic rings. The quantitative estimate of drug-likeness (QED) is 0.919. The SMILES string of the molecule is CCN(c1ncc(CO)c(C)n1)c1ccccc1F. The second-order valence-electron chi connectivity index (χ2n) is 4.13. The van der Waals surface area contributed by atoms with Gasteiger partial charge in [-0.2, -0.15) is 0 Å². The Hall–Kier alpha value is -2.01. The molecule has 0 radical (unpaired) electrons. The van der Waals surface area contributed by atoms with Crippen LogP contribution in [0.4, 0.5) is 16.0 Å². The van der Waals surface area contributed by atoms with Crippen LogP contribution in [0.5, 0.6) is 0 Å². The van der Waals surface area contributed by atoms with E-state index >= 15 is 0 Å². The summed E-state index contributed by atoms with van der Waals surface area (Å²) < 4.78 is 13.8. The molecule has 0 amide bonds. The van der Waals surface area contributed by atoms with Crippen LogP contribution in [0.3, 0.4) is 0 Å². The molecule has 0 bridgehead atoms. The van der Waals surface area contributed by atoms with Crippen molar-refractivity contribution in [1.82, 2.24) is 9.97 Å². The van der Waals surface area contributed by atoms with Crippen LogP contribution in [0.2, 0.25) is 0 Å². The van der Waals surface area contributed by atoms with E-state index in [0.717, 1.165) is 0 Å². The van der Waals surface area contributed by atoms with E-state index in [9.17, 15) is 4.39 Å². The number of hydrogen-bond donors (Lipinski definition) is 1. The Labute approximate surface area is 111 Å². The molecule has 1 aromatic heterocycles. The maximum atomic E-state index is 13.8. The van der Waals surface area contributed by atoms with Gasteiger partial charge in [-0.3, -0.25) is 0 Å². The van der Waals surface area contributed by atoms with E-state index in [1.807, 2.05) is 6.92 Å². The van der Waals surface area contributed by atoms with Crippen molar-refractivity contribution in [3.63, 3.8) is 0 Å². The second kappa shape index (κ2) is 5.75. The summed E-state index contributed by atoms with van der Waals surface area (Å²) in [5.41, 5.74) is 1.82. The Morgan fingerprint density at radius 1 is 1.32 bits per heavy atom. The largest absolute Gasteiger partial charge is 0.392 e. The van der Waals surface area contributed by atoms with Crippen LogP contribution in [0.15, 0.2) is 30.5 Å². The third-order valence-corrected chi connectivity index (χ3v) is 2.94. The first-order chi connectivity index (χ1) is 9.17. The van der Waals surface area contributed by atoms with E-state index in [0.29, 0.717) is 29.4 Å². The molecule has 1 N–H and O–H groups in total. The molecule has 0 saturated heterocycles. The molecule has 2 rings (SSSR count). The van der Waals surface area contributed by atoms with Gasteiger partial charge in [-0.25, -0.2) is 14.4 Å². The molecule has 4 nitrogen and oxygen atoms in total. The molecule has 1 heterocycles. The maximum absolute atomic E-state index is 13.8. The number of para-hydroxylation sites is 1. The molecule has 5 heteroatoms. The van der Waals surface area contributed by atoms with Crippen LogP contribution in [-0.4, -0.2) is 21.6 Å². The first-order valence-corrected chi connectivity index (χ1v) is 6.12. The van der Waals surface area contributed by atoms with Gasteiger partial charge in [-0.1, -0.05) is 12.1 Å². The van der Waals surface area contributed by atoms with Crippen molar-refractivity contribution >= 4 is 11.6 Å². The molecule has 0 unspecified atom stereocenters. The Balaban J connectivity index is 2.43. The predicted molar refractivity (Wildman–Crippen MR) is 71.8 cm³/mol. The monoisotopic (exact) mass is 261 g/mol. The van der Waals surface area contributed by atoms with Gasteiger partial charge < -0.3 is 10.0 Å². The summed E-state index contributed by atoms with van der Waals surface area (Å²) in [5, 5.41) is 9.11. The van der Waals surface area contributed by atoms with E-state index < -0.39 is 0 Å². The minimum atomic E-state index is -0.308. The van der Waals surface area contributed by atoms with Gasteiger partial charge in [0.1, 0.15) is 5.82 Å². The highest BCUT2D eigenvalue weighted by Crippen LogP contribution is 2.25. The molecule has 0 saturated carbocycles. The van der Waals surface area contributed by atoms with Crippen molar-refractivity contribution in [2.24, 2.45) is 0 Å². The minimum Gasteiger partial charge on any atom is -0.392 e. The van der Waals surface area contributed by atoms with E-state index in [4.69, 9.17) is 5.11 Å². The summed E-state index contributed by atoms with van der Waals surface area (Å²) in [5.74, 6) is 0.124. The minimum absolute atomic E-state index is 0.0993. The molecule has 0 atom stereocenters. The average Bonchev–Trinajstić information content (AvgIpc) is 2.42. The number of aryl methyl sites for hydroxylation is 1. The van der Waals surface area contributed by atoms with Crippen molar-refractivity contribution < 1.29 is 9.50 Å². The van der Waals surface area contributed by atoms with Crippen LogP contribution in [0.25, 0.3) is 0 Å². The van der Waals surface area contributed by atoms with Gasteiger partial charge in [0.05, 0.1) is 12.3 Å². The zero-order valence-electron chi connectivity index (χ0n) is 11.0. The summed E-state index contributed by atoms with van der Waals surface area (Å²) in [6.07, 6.45) is 1.57. The molecule has 100 valence electrons. The van der Waals surface area contributed by atoms with Gasteiger partial charge in [0.25, 0.3) is 0 Å². The topological polar surface area (TPSA) is 49.2 Å². The fraction of sp³-hybridized carbons (Fsp3) is 0.286. The lowest BCUT2D eigenvalue weighted by Crippen LogP contribution is -2.20. The van der Waals surface area contributed by atoms with E-state index in [2.05, 4.69) is 9.97 Å². The van der Waals surface area contributed by atoms with E-state index in [-0.39, 0.29) is 12.4 Å². The van der Waals surface area contributed by atoms with Gasteiger partial charge in [-0.05, 0) is 26.0 Å². The highest BCUT2D eigenvalue weighted by molar-refractivity contribution is 5.57. The maximum Gasteiger partial charge on any atom is 0.230 e. The van der Waals surface area contributed by atoms with Crippen molar-refractivity contribution in [2.75, 3.05) is 11.4 Å². The number of anilines is 2. The van der Waals surface area contributed by atoms with Crippen molar-refractivity contribution in [2.45, 2.75) is 20.5 Å². The Morgan fingerprint density at radius 3 is 2.63 bits per heavy atom. The normalized spacial score (nSPS) is 10.5. The smallest absolute Gasteiger partial charge is 0.230 e. The zero-order chi connectivity index (χ0) is 13.8. The van der Waals surface area contributed by atoms with Gasteiger partial charge in [0.15, 0.2) is 0 Å². The fourth-order valence-corrected chi connectivity index (χ4v) is 1.86. The van der Waals surface area contributed by atoms with Gasteiger partial charge in [0.2, 0.25) is 5.95 Å². The summed E-state index contributed by atoms with van der Waals surface area (Å²) in [6.45, 7) is 4.16. The highest BCUT2D eigenvalue weighted by Gasteiger charge is 2.14. The van der Waals surface area contributed by atoms with Crippen molar-refractivity contribution in [1.29, 1.82) is 0 Å². The second-order valence-corrected chi connectivity index (χ2v) is 4.13. The third kappa shape index (κ3) is 2.71. The number of aliphatic hydroxyl groups is 1. The Kier molecular flexibility index (Phi) is 4.06. The lowest BCUT2D eigenvalue weighted by atomic mass is 10.2. The molecular weight excluding hydrogens is 245 g/mol. The summed E-state index contributed by atoms with van der Waals surface area (Å²) in [7, 11) is 0. The molecule has 0 aliphatic carbocycles. The van der Waals surface area contributed by atoms with E-state index in [1.165, 1.54) is 6.07 Å². The Bertz CT molecular complexity index is 574.